The number of nitrogens with one attached hydrogen (secondary N) is 2. The lowest BCUT2D eigenvalue weighted by molar-refractivity contribution is 0.0939. The standard InChI is InChI=1S/C17H16N2O2/c1-13-7-9-14(10-8-13)16(20)11-12-18-19-17(21)15-5-3-2-4-6-15/h2-12,18H,1H3,(H,19,21)/b12-11+. The second-order valence-electron chi connectivity index (χ2n) is 4.53. The number of carbonyl (C=O) groups excluding carboxylic acids is 2. The summed E-state index contributed by atoms with van der Waals surface area (Å²) in [6, 6.07) is 16.1. The molecule has 2 aromatic carbocycles. The molecule has 0 aliphatic carbocycles. The molecule has 0 aromatic heterocycles. The van der Waals surface area contributed by atoms with Crippen molar-refractivity contribution in [2.45, 2.75) is 6.92 Å². The number of ketones is 1. The maximum Gasteiger partial charge on any atom is 0.269 e. The van der Waals surface area contributed by atoms with E-state index in [2.05, 4.69) is 10.9 Å². The van der Waals surface area contributed by atoms with Crippen molar-refractivity contribution in [2.24, 2.45) is 0 Å². The summed E-state index contributed by atoms with van der Waals surface area (Å²) in [7, 11) is 0. The Morgan fingerprint density at radius 2 is 1.57 bits per heavy atom. The van der Waals surface area contributed by atoms with E-state index < -0.39 is 0 Å². The maximum absolute atomic E-state index is 11.8. The van der Waals surface area contributed by atoms with E-state index in [1.54, 1.807) is 36.4 Å². The first-order chi connectivity index (χ1) is 10.2. The van der Waals surface area contributed by atoms with Gasteiger partial charge in [0.2, 0.25) is 0 Å². The predicted molar refractivity (Wildman–Crippen MR) is 81.7 cm³/mol. The summed E-state index contributed by atoms with van der Waals surface area (Å²) < 4.78 is 0. The highest BCUT2D eigenvalue weighted by Crippen LogP contribution is 2.04. The van der Waals surface area contributed by atoms with Crippen LogP contribution in [-0.4, -0.2) is 11.7 Å². The Kier molecular flexibility index (Phi) is 4.88. The molecule has 0 fully saturated rings. The molecule has 0 spiro atoms. The number of hydrazine groups is 1. The summed E-state index contributed by atoms with van der Waals surface area (Å²) in [4.78, 5) is 23.5. The monoisotopic (exact) mass is 280 g/mol. The third-order valence-electron chi connectivity index (χ3n) is 2.88. The van der Waals surface area contributed by atoms with E-state index in [-0.39, 0.29) is 11.7 Å². The molecule has 0 saturated carbocycles. The van der Waals surface area contributed by atoms with Crippen molar-refractivity contribution in [1.82, 2.24) is 10.9 Å². The lowest BCUT2D eigenvalue weighted by Crippen LogP contribution is -2.33. The van der Waals surface area contributed by atoms with Gasteiger partial charge in [0, 0.05) is 23.4 Å². The second-order valence-corrected chi connectivity index (χ2v) is 4.53. The first-order valence-corrected chi connectivity index (χ1v) is 6.55. The second kappa shape index (κ2) is 7.05. The van der Waals surface area contributed by atoms with Crippen molar-refractivity contribution in [2.75, 3.05) is 0 Å². The summed E-state index contributed by atoms with van der Waals surface area (Å²) >= 11 is 0. The van der Waals surface area contributed by atoms with Crippen LogP contribution in [-0.2, 0) is 0 Å². The average Bonchev–Trinajstić information content (AvgIpc) is 2.52. The van der Waals surface area contributed by atoms with Gasteiger partial charge in [0.25, 0.3) is 5.91 Å². The number of hydrogen-bond donors (Lipinski definition) is 2. The van der Waals surface area contributed by atoms with Crippen LogP contribution in [0.5, 0.6) is 0 Å². The molecule has 4 heteroatoms. The number of aryl methyl sites for hydroxylation is 1. The molecule has 0 aliphatic rings. The normalized spacial score (nSPS) is 10.3. The van der Waals surface area contributed by atoms with E-state index in [4.69, 9.17) is 0 Å². The van der Waals surface area contributed by atoms with Crippen LogP contribution in [0.1, 0.15) is 26.3 Å². The van der Waals surface area contributed by atoms with Crippen LogP contribution in [0.15, 0.2) is 66.9 Å². The molecule has 0 saturated heterocycles. The van der Waals surface area contributed by atoms with Gasteiger partial charge in [-0.05, 0) is 19.1 Å². The SMILES string of the molecule is Cc1ccc(C(=O)/C=C/NNC(=O)c2ccccc2)cc1. The smallest absolute Gasteiger partial charge is 0.269 e. The summed E-state index contributed by atoms with van der Waals surface area (Å²) in [6.45, 7) is 1.96. The highest BCUT2D eigenvalue weighted by molar-refractivity contribution is 6.04. The summed E-state index contributed by atoms with van der Waals surface area (Å²) in [5, 5.41) is 0. The van der Waals surface area contributed by atoms with Gasteiger partial charge in [-0.3, -0.25) is 15.0 Å². The Hall–Kier alpha value is -2.88. The summed E-state index contributed by atoms with van der Waals surface area (Å²) in [5.74, 6) is -0.389. The number of benzene rings is 2. The first kappa shape index (κ1) is 14.5. The molecule has 4 nitrogen and oxygen atoms in total. The van der Waals surface area contributed by atoms with E-state index in [9.17, 15) is 9.59 Å². The molecule has 2 N–H and O–H groups in total. The third-order valence-corrected chi connectivity index (χ3v) is 2.88. The highest BCUT2D eigenvalue weighted by Gasteiger charge is 2.02. The number of rotatable bonds is 5. The van der Waals surface area contributed by atoms with E-state index in [1.165, 1.54) is 12.3 Å². The van der Waals surface area contributed by atoms with E-state index >= 15 is 0 Å². The quantitative estimate of drug-likeness (QED) is 0.503. The van der Waals surface area contributed by atoms with Gasteiger partial charge in [0.1, 0.15) is 0 Å². The van der Waals surface area contributed by atoms with Gasteiger partial charge in [-0.1, -0.05) is 48.0 Å². The minimum atomic E-state index is -0.261. The van der Waals surface area contributed by atoms with E-state index in [0.29, 0.717) is 11.1 Å². The van der Waals surface area contributed by atoms with E-state index in [1.807, 2.05) is 25.1 Å². The predicted octanol–water partition coefficient (Wildman–Crippen LogP) is 2.63. The topological polar surface area (TPSA) is 58.2 Å². The van der Waals surface area contributed by atoms with Gasteiger partial charge < -0.3 is 5.43 Å². The molecule has 0 aliphatic heterocycles. The largest absolute Gasteiger partial charge is 0.305 e. The van der Waals surface area contributed by atoms with Crippen LogP contribution in [0.4, 0.5) is 0 Å². The van der Waals surface area contributed by atoms with Gasteiger partial charge >= 0.3 is 0 Å². The van der Waals surface area contributed by atoms with Crippen LogP contribution in [0.2, 0.25) is 0 Å². The minimum Gasteiger partial charge on any atom is -0.305 e. The Balaban J connectivity index is 1.84. The number of carbonyl (C=O) groups is 2. The minimum absolute atomic E-state index is 0.128. The Bertz CT molecular complexity index is 646. The molecule has 0 bridgehead atoms. The Morgan fingerprint density at radius 1 is 0.905 bits per heavy atom. The number of hydrogen-bond acceptors (Lipinski definition) is 3. The molecule has 21 heavy (non-hydrogen) atoms. The van der Waals surface area contributed by atoms with Gasteiger partial charge in [0.15, 0.2) is 5.78 Å². The molecule has 2 rings (SSSR count). The zero-order chi connectivity index (χ0) is 15.1. The lowest BCUT2D eigenvalue weighted by Gasteiger charge is -2.03. The van der Waals surface area contributed by atoms with Crippen LogP contribution in [0, 0.1) is 6.92 Å². The highest BCUT2D eigenvalue weighted by atomic mass is 16.2. The van der Waals surface area contributed by atoms with Gasteiger partial charge in [-0.2, -0.15) is 0 Å². The van der Waals surface area contributed by atoms with Crippen molar-refractivity contribution in [3.8, 4) is 0 Å². The third kappa shape index (κ3) is 4.31. The van der Waals surface area contributed by atoms with Crippen LogP contribution in [0.25, 0.3) is 0 Å². The van der Waals surface area contributed by atoms with Crippen molar-refractivity contribution in [3.05, 3.63) is 83.6 Å². The van der Waals surface area contributed by atoms with Crippen LogP contribution in [0.3, 0.4) is 0 Å². The van der Waals surface area contributed by atoms with E-state index in [0.717, 1.165) is 5.56 Å². The van der Waals surface area contributed by atoms with Gasteiger partial charge in [0.05, 0.1) is 0 Å². The first-order valence-electron chi connectivity index (χ1n) is 6.55. The number of amides is 1. The molecule has 0 unspecified atom stereocenters. The molecule has 0 atom stereocenters. The Labute approximate surface area is 123 Å². The van der Waals surface area contributed by atoms with Gasteiger partial charge in [-0.25, -0.2) is 0 Å². The maximum atomic E-state index is 11.8. The van der Waals surface area contributed by atoms with Gasteiger partial charge in [-0.15, -0.1) is 0 Å². The zero-order valence-electron chi connectivity index (χ0n) is 11.7. The molecule has 1 amide bonds. The molecular formula is C17H16N2O2. The van der Waals surface area contributed by atoms with Crippen molar-refractivity contribution in [3.63, 3.8) is 0 Å². The fourth-order valence-corrected chi connectivity index (χ4v) is 1.70. The van der Waals surface area contributed by atoms with Crippen LogP contribution >= 0.6 is 0 Å². The Morgan fingerprint density at radius 3 is 2.24 bits per heavy atom. The summed E-state index contributed by atoms with van der Waals surface area (Å²) in [5.41, 5.74) is 7.33. The van der Waals surface area contributed by atoms with Crippen molar-refractivity contribution >= 4 is 11.7 Å². The fourth-order valence-electron chi connectivity index (χ4n) is 1.70. The fraction of sp³-hybridized carbons (Fsp3) is 0.0588. The lowest BCUT2D eigenvalue weighted by atomic mass is 10.1. The average molecular weight is 280 g/mol. The molecule has 0 radical (unpaired) electrons. The van der Waals surface area contributed by atoms with Crippen LogP contribution < -0.4 is 10.9 Å². The number of allylic oxidation sites excluding steroid dienone is 1. The summed E-state index contributed by atoms with van der Waals surface area (Å²) in [6.07, 6.45) is 2.78. The zero-order valence-corrected chi connectivity index (χ0v) is 11.7. The molecule has 106 valence electrons. The molecule has 0 heterocycles. The molecule has 2 aromatic rings. The molecular weight excluding hydrogens is 264 g/mol. The van der Waals surface area contributed by atoms with Crippen molar-refractivity contribution in [1.29, 1.82) is 0 Å². The van der Waals surface area contributed by atoms with Crippen molar-refractivity contribution < 1.29 is 9.59 Å².